The van der Waals surface area contributed by atoms with Crippen LogP contribution in [0.15, 0.2) is 94.9 Å². The number of aromatic nitrogens is 1. The van der Waals surface area contributed by atoms with E-state index in [0.29, 0.717) is 88.5 Å². The zero-order valence-corrected chi connectivity index (χ0v) is 31.7. The molecule has 2 amide bonds. The summed E-state index contributed by atoms with van der Waals surface area (Å²) < 4.78 is 23.9. The molecule has 12 nitrogen and oxygen atoms in total. The van der Waals surface area contributed by atoms with Crippen LogP contribution in [0.1, 0.15) is 59.9 Å². The van der Waals surface area contributed by atoms with Crippen LogP contribution in [0.25, 0.3) is 0 Å². The van der Waals surface area contributed by atoms with Crippen molar-refractivity contribution in [2.75, 3.05) is 20.8 Å². The van der Waals surface area contributed by atoms with Crippen molar-refractivity contribution in [2.24, 2.45) is 15.9 Å². The maximum absolute atomic E-state index is 13.9. The maximum atomic E-state index is 13.9. The lowest BCUT2D eigenvalue weighted by molar-refractivity contribution is 0.0701. The van der Waals surface area contributed by atoms with E-state index < -0.39 is 0 Å². The quantitative estimate of drug-likeness (QED) is 0.178. The van der Waals surface area contributed by atoms with E-state index in [4.69, 9.17) is 33.9 Å². The summed E-state index contributed by atoms with van der Waals surface area (Å²) in [6.07, 6.45) is 5.27. The zero-order chi connectivity index (χ0) is 39.0. The molecule has 4 aliphatic heterocycles. The van der Waals surface area contributed by atoms with Crippen molar-refractivity contribution >= 4 is 35.6 Å². The number of carbonyl (C=O) groups excluding carboxylic acids is 2. The SMILES string of the molecule is COc1cc2c(cc1OCc1cc(CO)cc(COc3cc4c(cc3OC)C(=O)N3Cc5ccccc5CC3C=N4)n1)N=CC1Cc3ccccc3CN(C1)C2=O. The van der Waals surface area contributed by atoms with Gasteiger partial charge in [0.05, 0.1) is 60.8 Å². The van der Waals surface area contributed by atoms with Crippen LogP contribution >= 0.6 is 0 Å². The highest BCUT2D eigenvalue weighted by atomic mass is 16.5. The highest BCUT2D eigenvalue weighted by Crippen LogP contribution is 2.40. The van der Waals surface area contributed by atoms with E-state index in [-0.39, 0.29) is 43.6 Å². The molecule has 1 aromatic heterocycles. The summed E-state index contributed by atoms with van der Waals surface area (Å²) in [5.74, 6) is 1.44. The molecule has 2 bridgehead atoms. The summed E-state index contributed by atoms with van der Waals surface area (Å²) in [6, 6.07) is 26.6. The lowest BCUT2D eigenvalue weighted by Crippen LogP contribution is -2.44. The van der Waals surface area contributed by atoms with Crippen LogP contribution in [-0.2, 0) is 45.8 Å². The first kappa shape index (κ1) is 36.1. The molecule has 12 heteroatoms. The maximum Gasteiger partial charge on any atom is 0.257 e. The number of ether oxygens (including phenoxy) is 4. The molecule has 9 rings (SSSR count). The molecule has 0 aliphatic carbocycles. The van der Waals surface area contributed by atoms with Crippen molar-refractivity contribution in [2.45, 2.75) is 51.8 Å². The van der Waals surface area contributed by atoms with Crippen LogP contribution in [0.5, 0.6) is 23.0 Å². The fraction of sp³-hybridized carbons (Fsp3) is 0.267. The minimum absolute atomic E-state index is 0.0399. The summed E-state index contributed by atoms with van der Waals surface area (Å²) in [5.41, 5.74) is 8.33. The van der Waals surface area contributed by atoms with Crippen molar-refractivity contribution in [3.05, 3.63) is 135 Å². The Labute approximate surface area is 330 Å². The predicted octanol–water partition coefficient (Wildman–Crippen LogP) is 6.56. The molecule has 5 aromatic rings. The number of hydrogen-bond donors (Lipinski definition) is 1. The number of methoxy groups -OCH3 is 2. The third kappa shape index (κ3) is 7.08. The van der Waals surface area contributed by atoms with Gasteiger partial charge in [-0.05, 0) is 64.9 Å². The van der Waals surface area contributed by atoms with Gasteiger partial charge in [-0.25, -0.2) is 0 Å². The highest BCUT2D eigenvalue weighted by molar-refractivity contribution is 6.04. The summed E-state index contributed by atoms with van der Waals surface area (Å²) in [6.45, 7) is 1.48. The number of aliphatic hydroxyl groups is 1. The van der Waals surface area contributed by atoms with E-state index in [1.54, 1.807) is 36.4 Å². The van der Waals surface area contributed by atoms with Crippen LogP contribution in [-0.4, -0.2) is 70.9 Å². The third-order valence-electron chi connectivity index (χ3n) is 11.0. The second kappa shape index (κ2) is 15.2. The monoisotopic (exact) mass is 763 g/mol. The van der Waals surface area contributed by atoms with Gasteiger partial charge in [0.1, 0.15) is 13.2 Å². The standard InChI is InChI=1S/C45H41N5O7/c1-54-40-15-36-38(46-19-28-11-29-7-3-5-9-31(29)22-49(21-28)44(36)52)17-42(40)56-25-33-12-27(24-51)13-34(48-33)26-57-43-18-39-37(16-41(43)55-2)45(53)50-23-32-10-6-4-8-30(32)14-35(50)20-47-39/h3-10,12-13,15-20,28,35,51H,11,14,21-26H2,1-2H3. The van der Waals surface area contributed by atoms with Crippen LogP contribution in [0, 0.1) is 5.92 Å². The lowest BCUT2D eigenvalue weighted by atomic mass is 9.94. The third-order valence-corrected chi connectivity index (χ3v) is 11.0. The Bertz CT molecular complexity index is 2460. The average Bonchev–Trinajstić information content (AvgIpc) is 3.52. The van der Waals surface area contributed by atoms with Crippen molar-refractivity contribution in [1.82, 2.24) is 14.8 Å². The first-order valence-electron chi connectivity index (χ1n) is 19.0. The first-order chi connectivity index (χ1) is 27.9. The van der Waals surface area contributed by atoms with E-state index in [9.17, 15) is 14.7 Å². The summed E-state index contributed by atoms with van der Waals surface area (Å²) in [4.78, 5) is 45.8. The minimum atomic E-state index is -0.219. The van der Waals surface area contributed by atoms with E-state index in [2.05, 4.69) is 24.3 Å². The van der Waals surface area contributed by atoms with Crippen LogP contribution in [0.3, 0.4) is 0 Å². The number of fused-ring (bicyclic) bond motifs is 7. The summed E-state index contributed by atoms with van der Waals surface area (Å²) in [5, 5.41) is 10.1. The molecule has 4 aliphatic rings. The second-order valence-corrected chi connectivity index (χ2v) is 14.7. The van der Waals surface area contributed by atoms with Gasteiger partial charge in [0.25, 0.3) is 11.8 Å². The molecular formula is C45H41N5O7. The van der Waals surface area contributed by atoms with Gasteiger partial charge in [0, 0.05) is 50.1 Å². The molecule has 1 N–H and O–H groups in total. The Morgan fingerprint density at radius 3 is 1.84 bits per heavy atom. The number of rotatable bonds is 9. The van der Waals surface area contributed by atoms with Gasteiger partial charge in [-0.3, -0.25) is 24.6 Å². The number of amides is 2. The number of pyridine rings is 1. The first-order valence-corrected chi connectivity index (χ1v) is 19.0. The van der Waals surface area contributed by atoms with Crippen molar-refractivity contribution in [1.29, 1.82) is 0 Å². The Morgan fingerprint density at radius 1 is 0.667 bits per heavy atom. The Morgan fingerprint density at radius 2 is 1.23 bits per heavy atom. The zero-order valence-electron chi connectivity index (χ0n) is 31.7. The molecule has 57 heavy (non-hydrogen) atoms. The number of aliphatic imine (C=N–C) groups is 2. The second-order valence-electron chi connectivity index (χ2n) is 14.7. The Hall–Kier alpha value is -6.53. The predicted molar refractivity (Wildman–Crippen MR) is 213 cm³/mol. The molecule has 0 fully saturated rings. The normalized spacial score (nSPS) is 17.8. The molecule has 4 aromatic carbocycles. The molecule has 5 heterocycles. The van der Waals surface area contributed by atoms with Gasteiger partial charge in [0.15, 0.2) is 23.0 Å². The van der Waals surface area contributed by atoms with Crippen molar-refractivity contribution in [3.63, 3.8) is 0 Å². The number of carbonyl (C=O) groups is 2. The molecule has 0 saturated heterocycles. The van der Waals surface area contributed by atoms with E-state index in [1.165, 1.54) is 25.3 Å². The van der Waals surface area contributed by atoms with Gasteiger partial charge in [-0.2, -0.15) is 0 Å². The van der Waals surface area contributed by atoms with E-state index in [0.717, 1.165) is 17.5 Å². The topological polar surface area (TPSA) is 135 Å². The number of aliphatic hydroxyl groups excluding tert-OH is 1. The molecule has 0 spiro atoms. The molecule has 2 unspecified atom stereocenters. The van der Waals surface area contributed by atoms with Gasteiger partial charge in [0.2, 0.25) is 0 Å². The fourth-order valence-electron chi connectivity index (χ4n) is 8.11. The van der Waals surface area contributed by atoms with E-state index in [1.807, 2.05) is 46.5 Å². The average molecular weight is 764 g/mol. The van der Waals surface area contributed by atoms with Crippen LogP contribution in [0.4, 0.5) is 11.4 Å². The smallest absolute Gasteiger partial charge is 0.257 e. The molecule has 288 valence electrons. The number of benzene rings is 4. The molecular weight excluding hydrogens is 723 g/mol. The van der Waals surface area contributed by atoms with Crippen molar-refractivity contribution < 1.29 is 33.6 Å². The number of nitrogens with zero attached hydrogens (tertiary/aromatic N) is 5. The van der Waals surface area contributed by atoms with Crippen LogP contribution < -0.4 is 18.9 Å². The molecule has 2 atom stereocenters. The Kier molecular flexibility index (Phi) is 9.63. The van der Waals surface area contributed by atoms with Gasteiger partial charge in [-0.1, -0.05) is 48.5 Å². The van der Waals surface area contributed by atoms with Gasteiger partial charge in [-0.15, -0.1) is 0 Å². The minimum Gasteiger partial charge on any atom is -0.493 e. The van der Waals surface area contributed by atoms with E-state index >= 15 is 0 Å². The van der Waals surface area contributed by atoms with Gasteiger partial charge < -0.3 is 33.9 Å². The van der Waals surface area contributed by atoms with Gasteiger partial charge >= 0.3 is 0 Å². The van der Waals surface area contributed by atoms with Crippen LogP contribution in [0.2, 0.25) is 0 Å². The fourth-order valence-corrected chi connectivity index (χ4v) is 8.11. The Balaban J connectivity index is 0.932. The molecule has 0 saturated carbocycles. The highest BCUT2D eigenvalue weighted by Gasteiger charge is 2.34. The number of hydrogen-bond acceptors (Lipinski definition) is 10. The summed E-state index contributed by atoms with van der Waals surface area (Å²) >= 11 is 0. The molecule has 0 radical (unpaired) electrons. The van der Waals surface area contributed by atoms with Crippen molar-refractivity contribution in [3.8, 4) is 23.0 Å². The lowest BCUT2D eigenvalue weighted by Gasteiger charge is -2.34. The summed E-state index contributed by atoms with van der Waals surface area (Å²) in [7, 11) is 3.06. The largest absolute Gasteiger partial charge is 0.493 e.